The number of para-hydroxylation sites is 1. The molecule has 5 heteroatoms. The molecule has 20 heavy (non-hydrogen) atoms. The molecular formula is C15H14ClFN2O. The lowest BCUT2D eigenvalue weighted by molar-refractivity contribution is -0.115. The van der Waals surface area contributed by atoms with Gasteiger partial charge in [0.25, 0.3) is 0 Å². The largest absolute Gasteiger partial charge is 0.384 e. The molecule has 0 spiro atoms. The van der Waals surface area contributed by atoms with Crippen molar-refractivity contribution in [1.82, 2.24) is 0 Å². The van der Waals surface area contributed by atoms with E-state index in [4.69, 9.17) is 11.6 Å². The third-order valence-electron chi connectivity index (χ3n) is 2.65. The molecule has 0 atom stereocenters. The minimum atomic E-state index is -0.310. The van der Waals surface area contributed by atoms with Gasteiger partial charge in [0.15, 0.2) is 0 Å². The monoisotopic (exact) mass is 292 g/mol. The first-order valence-electron chi connectivity index (χ1n) is 6.19. The Balaban J connectivity index is 1.80. The highest BCUT2D eigenvalue weighted by atomic mass is 35.5. The Morgan fingerprint density at radius 3 is 2.70 bits per heavy atom. The average Bonchev–Trinajstić information content (AvgIpc) is 2.41. The van der Waals surface area contributed by atoms with Crippen LogP contribution in [0.2, 0.25) is 5.02 Å². The van der Waals surface area contributed by atoms with Gasteiger partial charge in [-0.05, 0) is 30.3 Å². The van der Waals surface area contributed by atoms with Crippen molar-refractivity contribution in [2.75, 3.05) is 17.2 Å². The Kier molecular flexibility index (Phi) is 4.96. The Morgan fingerprint density at radius 2 is 1.95 bits per heavy atom. The van der Waals surface area contributed by atoms with Gasteiger partial charge in [0.05, 0.1) is 10.7 Å². The van der Waals surface area contributed by atoms with E-state index in [2.05, 4.69) is 10.6 Å². The maximum atomic E-state index is 13.0. The van der Waals surface area contributed by atoms with E-state index < -0.39 is 0 Å². The van der Waals surface area contributed by atoms with Crippen LogP contribution in [0.25, 0.3) is 0 Å². The molecule has 0 fully saturated rings. The lowest BCUT2D eigenvalue weighted by Crippen LogP contribution is -2.16. The van der Waals surface area contributed by atoms with Crippen LogP contribution in [0, 0.1) is 5.82 Å². The summed E-state index contributed by atoms with van der Waals surface area (Å²) in [6, 6.07) is 13.1. The number of anilines is 2. The molecule has 0 saturated carbocycles. The van der Waals surface area contributed by atoms with Crippen molar-refractivity contribution in [3.63, 3.8) is 0 Å². The molecule has 0 bridgehead atoms. The average molecular weight is 293 g/mol. The molecule has 104 valence electrons. The quantitative estimate of drug-likeness (QED) is 0.877. The molecule has 0 saturated heterocycles. The van der Waals surface area contributed by atoms with Gasteiger partial charge in [-0.2, -0.15) is 0 Å². The smallest absolute Gasteiger partial charge is 0.226 e. The third kappa shape index (κ3) is 4.24. The van der Waals surface area contributed by atoms with Crippen molar-refractivity contribution in [2.24, 2.45) is 0 Å². The van der Waals surface area contributed by atoms with Crippen LogP contribution < -0.4 is 10.6 Å². The SMILES string of the molecule is O=C(CCNc1cccc(F)c1)Nc1ccccc1Cl. The van der Waals surface area contributed by atoms with Crippen molar-refractivity contribution >= 4 is 28.9 Å². The highest BCUT2D eigenvalue weighted by molar-refractivity contribution is 6.33. The molecule has 2 rings (SSSR count). The zero-order chi connectivity index (χ0) is 14.4. The molecule has 0 aliphatic rings. The molecule has 0 aliphatic carbocycles. The van der Waals surface area contributed by atoms with Gasteiger partial charge in [-0.25, -0.2) is 4.39 Å². The number of hydrogen-bond donors (Lipinski definition) is 2. The topological polar surface area (TPSA) is 41.1 Å². The first-order valence-corrected chi connectivity index (χ1v) is 6.57. The lowest BCUT2D eigenvalue weighted by Gasteiger charge is -2.08. The summed E-state index contributed by atoms with van der Waals surface area (Å²) in [5.41, 5.74) is 1.24. The van der Waals surface area contributed by atoms with Crippen LogP contribution in [-0.4, -0.2) is 12.5 Å². The van der Waals surface area contributed by atoms with Crippen molar-refractivity contribution < 1.29 is 9.18 Å². The maximum absolute atomic E-state index is 13.0. The van der Waals surface area contributed by atoms with Crippen molar-refractivity contribution in [1.29, 1.82) is 0 Å². The van der Waals surface area contributed by atoms with E-state index in [1.54, 1.807) is 36.4 Å². The standard InChI is InChI=1S/C15H14ClFN2O/c16-13-6-1-2-7-14(13)19-15(20)8-9-18-12-5-3-4-11(17)10-12/h1-7,10,18H,8-9H2,(H,19,20). The number of carbonyl (C=O) groups is 1. The van der Waals surface area contributed by atoms with Gasteiger partial charge < -0.3 is 10.6 Å². The van der Waals surface area contributed by atoms with Gasteiger partial charge in [0.2, 0.25) is 5.91 Å². The summed E-state index contributed by atoms with van der Waals surface area (Å²) in [5, 5.41) is 6.20. The van der Waals surface area contributed by atoms with E-state index in [0.29, 0.717) is 22.9 Å². The second kappa shape index (κ2) is 6.91. The van der Waals surface area contributed by atoms with Gasteiger partial charge in [-0.1, -0.05) is 29.8 Å². The fraction of sp³-hybridized carbons (Fsp3) is 0.133. The molecule has 1 amide bonds. The zero-order valence-electron chi connectivity index (χ0n) is 10.7. The Hall–Kier alpha value is -2.07. The van der Waals surface area contributed by atoms with Crippen molar-refractivity contribution in [3.05, 3.63) is 59.4 Å². The number of nitrogens with one attached hydrogen (secondary N) is 2. The van der Waals surface area contributed by atoms with Crippen LogP contribution in [0.5, 0.6) is 0 Å². The van der Waals surface area contributed by atoms with E-state index in [0.717, 1.165) is 0 Å². The molecule has 0 aliphatic heterocycles. The molecule has 2 N–H and O–H groups in total. The van der Waals surface area contributed by atoms with Crippen LogP contribution in [0.15, 0.2) is 48.5 Å². The molecule has 2 aromatic carbocycles. The number of halogens is 2. The molecule has 0 aromatic heterocycles. The van der Waals surface area contributed by atoms with Crippen LogP contribution >= 0.6 is 11.6 Å². The fourth-order valence-electron chi connectivity index (χ4n) is 1.69. The molecule has 0 radical (unpaired) electrons. The van der Waals surface area contributed by atoms with E-state index in [1.807, 2.05) is 0 Å². The molecule has 2 aromatic rings. The minimum Gasteiger partial charge on any atom is -0.384 e. The lowest BCUT2D eigenvalue weighted by atomic mass is 10.3. The minimum absolute atomic E-state index is 0.151. The summed E-state index contributed by atoms with van der Waals surface area (Å²) >= 11 is 5.94. The molecule has 0 unspecified atom stereocenters. The van der Waals surface area contributed by atoms with E-state index >= 15 is 0 Å². The fourth-order valence-corrected chi connectivity index (χ4v) is 1.88. The summed E-state index contributed by atoms with van der Waals surface area (Å²) in [6.45, 7) is 0.416. The van der Waals surface area contributed by atoms with Gasteiger partial charge in [0.1, 0.15) is 5.82 Å². The van der Waals surface area contributed by atoms with E-state index in [9.17, 15) is 9.18 Å². The van der Waals surface area contributed by atoms with Crippen LogP contribution in [0.3, 0.4) is 0 Å². The van der Waals surface area contributed by atoms with Gasteiger partial charge >= 0.3 is 0 Å². The first kappa shape index (κ1) is 14.3. The Labute approximate surface area is 121 Å². The molecule has 0 heterocycles. The molecular weight excluding hydrogens is 279 g/mol. The van der Waals surface area contributed by atoms with E-state index in [-0.39, 0.29) is 18.1 Å². The Bertz CT molecular complexity index is 604. The number of rotatable bonds is 5. The number of benzene rings is 2. The number of carbonyl (C=O) groups excluding carboxylic acids is 1. The summed E-state index contributed by atoms with van der Waals surface area (Å²) in [6.07, 6.45) is 0.266. The van der Waals surface area contributed by atoms with Crippen LogP contribution in [0.1, 0.15) is 6.42 Å². The van der Waals surface area contributed by atoms with Gasteiger partial charge in [-0.3, -0.25) is 4.79 Å². The summed E-state index contributed by atoms with van der Waals surface area (Å²) in [4.78, 5) is 11.7. The van der Waals surface area contributed by atoms with Gasteiger partial charge in [0, 0.05) is 18.7 Å². The third-order valence-corrected chi connectivity index (χ3v) is 2.98. The van der Waals surface area contributed by atoms with Crippen LogP contribution in [0.4, 0.5) is 15.8 Å². The predicted octanol–water partition coefficient (Wildman–Crippen LogP) is 3.92. The maximum Gasteiger partial charge on any atom is 0.226 e. The van der Waals surface area contributed by atoms with Crippen molar-refractivity contribution in [3.8, 4) is 0 Å². The molecule has 3 nitrogen and oxygen atoms in total. The van der Waals surface area contributed by atoms with E-state index in [1.165, 1.54) is 12.1 Å². The summed E-state index contributed by atoms with van der Waals surface area (Å²) in [5.74, 6) is -0.461. The summed E-state index contributed by atoms with van der Waals surface area (Å²) < 4.78 is 13.0. The van der Waals surface area contributed by atoms with Crippen molar-refractivity contribution in [2.45, 2.75) is 6.42 Å². The van der Waals surface area contributed by atoms with Gasteiger partial charge in [-0.15, -0.1) is 0 Å². The summed E-state index contributed by atoms with van der Waals surface area (Å²) in [7, 11) is 0. The Morgan fingerprint density at radius 1 is 1.15 bits per heavy atom. The normalized spacial score (nSPS) is 10.1. The second-order valence-corrected chi connectivity index (χ2v) is 4.62. The highest BCUT2D eigenvalue weighted by Gasteiger charge is 2.05. The first-order chi connectivity index (χ1) is 9.65. The number of hydrogen-bond acceptors (Lipinski definition) is 2. The highest BCUT2D eigenvalue weighted by Crippen LogP contribution is 2.20. The zero-order valence-corrected chi connectivity index (χ0v) is 11.5. The van der Waals surface area contributed by atoms with Crippen LogP contribution in [-0.2, 0) is 4.79 Å². The predicted molar refractivity (Wildman–Crippen MR) is 79.6 cm³/mol. The number of amides is 1. The second-order valence-electron chi connectivity index (χ2n) is 4.22.